The number of halogens is 1. The second-order valence-corrected chi connectivity index (χ2v) is 7.35. The number of amides is 1. The van der Waals surface area contributed by atoms with Crippen molar-refractivity contribution in [3.05, 3.63) is 65.8 Å². The molecule has 9 heteroatoms. The lowest BCUT2D eigenvalue weighted by atomic mass is 10.2. The van der Waals surface area contributed by atoms with Crippen LogP contribution in [0.4, 0.5) is 10.1 Å². The Hall–Kier alpha value is -3.38. The molecule has 0 fully saturated rings. The molecule has 0 aliphatic heterocycles. The number of nitrogens with zero attached hydrogens (tertiary/aromatic N) is 3. The number of ether oxygens (including phenoxy) is 1. The SMILES string of the molecule is C[C@@H](Sc1nnc([C@@H](C)Oc2ccc(F)cc2)o1)C(=O)Nc1ccc(C#N)cc1. The predicted molar refractivity (Wildman–Crippen MR) is 105 cm³/mol. The zero-order valence-electron chi connectivity index (χ0n) is 15.6. The number of aromatic nitrogens is 2. The van der Waals surface area contributed by atoms with E-state index in [0.29, 0.717) is 17.0 Å². The van der Waals surface area contributed by atoms with Gasteiger partial charge in [-0.25, -0.2) is 4.39 Å². The third kappa shape index (κ3) is 5.56. The number of rotatable bonds is 7. The summed E-state index contributed by atoms with van der Waals surface area (Å²) in [7, 11) is 0. The van der Waals surface area contributed by atoms with Crippen LogP contribution in [-0.2, 0) is 4.79 Å². The summed E-state index contributed by atoms with van der Waals surface area (Å²) in [5.41, 5.74) is 1.11. The Kier molecular flexibility index (Phi) is 6.46. The van der Waals surface area contributed by atoms with Gasteiger partial charge in [0.1, 0.15) is 11.6 Å². The largest absolute Gasteiger partial charge is 0.481 e. The second kappa shape index (κ2) is 9.21. The van der Waals surface area contributed by atoms with E-state index in [1.54, 1.807) is 38.1 Å². The van der Waals surface area contributed by atoms with Crippen LogP contribution in [0.2, 0.25) is 0 Å². The van der Waals surface area contributed by atoms with Crippen molar-refractivity contribution in [1.29, 1.82) is 5.26 Å². The molecule has 1 heterocycles. The molecule has 2 atom stereocenters. The number of benzene rings is 2. The molecule has 0 saturated carbocycles. The quantitative estimate of drug-likeness (QED) is 0.576. The number of nitriles is 1. The van der Waals surface area contributed by atoms with Crippen molar-refractivity contribution < 1.29 is 18.3 Å². The molecular formula is C20H17FN4O3S. The Bertz CT molecular complexity index is 1020. The third-order valence-corrected chi connectivity index (χ3v) is 4.76. The van der Waals surface area contributed by atoms with Gasteiger partial charge in [-0.05, 0) is 62.4 Å². The fourth-order valence-electron chi connectivity index (χ4n) is 2.28. The van der Waals surface area contributed by atoms with Crippen molar-refractivity contribution in [3.8, 4) is 11.8 Å². The van der Waals surface area contributed by atoms with Gasteiger partial charge in [0.25, 0.3) is 11.1 Å². The van der Waals surface area contributed by atoms with E-state index in [9.17, 15) is 9.18 Å². The fraction of sp³-hybridized carbons (Fsp3) is 0.200. The molecule has 0 saturated heterocycles. The highest BCUT2D eigenvalue weighted by molar-refractivity contribution is 8.00. The van der Waals surface area contributed by atoms with E-state index in [1.165, 1.54) is 24.3 Å². The number of anilines is 1. The molecule has 0 unspecified atom stereocenters. The van der Waals surface area contributed by atoms with E-state index in [1.807, 2.05) is 6.07 Å². The first-order valence-electron chi connectivity index (χ1n) is 8.68. The molecule has 0 spiro atoms. The maximum atomic E-state index is 13.0. The van der Waals surface area contributed by atoms with Gasteiger partial charge in [0.15, 0.2) is 6.10 Å². The molecule has 1 amide bonds. The summed E-state index contributed by atoms with van der Waals surface area (Å²) in [6.45, 7) is 3.44. The smallest absolute Gasteiger partial charge is 0.277 e. The lowest BCUT2D eigenvalue weighted by molar-refractivity contribution is -0.115. The third-order valence-electron chi connectivity index (χ3n) is 3.82. The first-order valence-corrected chi connectivity index (χ1v) is 9.56. The molecule has 0 radical (unpaired) electrons. The van der Waals surface area contributed by atoms with Gasteiger partial charge in [0.05, 0.1) is 16.9 Å². The van der Waals surface area contributed by atoms with Gasteiger partial charge in [0, 0.05) is 5.69 Å². The van der Waals surface area contributed by atoms with Crippen LogP contribution < -0.4 is 10.1 Å². The summed E-state index contributed by atoms with van der Waals surface area (Å²) < 4.78 is 24.2. The normalized spacial score (nSPS) is 12.6. The van der Waals surface area contributed by atoms with Gasteiger partial charge in [-0.3, -0.25) is 4.79 Å². The van der Waals surface area contributed by atoms with Crippen LogP contribution in [0.25, 0.3) is 0 Å². The second-order valence-electron chi connectivity index (χ2n) is 6.06. The minimum absolute atomic E-state index is 0.233. The molecule has 148 valence electrons. The van der Waals surface area contributed by atoms with Crippen LogP contribution >= 0.6 is 11.8 Å². The molecule has 1 aromatic heterocycles. The Morgan fingerprint density at radius 1 is 1.17 bits per heavy atom. The van der Waals surface area contributed by atoms with Crippen molar-refractivity contribution in [2.24, 2.45) is 0 Å². The van der Waals surface area contributed by atoms with Gasteiger partial charge in [-0.2, -0.15) is 5.26 Å². The van der Waals surface area contributed by atoms with Crippen molar-refractivity contribution in [2.75, 3.05) is 5.32 Å². The van der Waals surface area contributed by atoms with Crippen LogP contribution in [0.5, 0.6) is 5.75 Å². The van der Waals surface area contributed by atoms with Gasteiger partial charge in [0.2, 0.25) is 5.91 Å². The fourth-order valence-corrected chi connectivity index (χ4v) is 2.97. The van der Waals surface area contributed by atoms with Crippen LogP contribution in [-0.4, -0.2) is 21.4 Å². The van der Waals surface area contributed by atoms with Crippen molar-refractivity contribution >= 4 is 23.4 Å². The topological polar surface area (TPSA) is 101 Å². The Morgan fingerprint density at radius 3 is 2.52 bits per heavy atom. The monoisotopic (exact) mass is 412 g/mol. The number of nitrogens with one attached hydrogen (secondary N) is 1. The van der Waals surface area contributed by atoms with Crippen molar-refractivity contribution in [1.82, 2.24) is 10.2 Å². The summed E-state index contributed by atoms with van der Waals surface area (Å²) in [4.78, 5) is 12.3. The van der Waals surface area contributed by atoms with Gasteiger partial charge in [-0.15, -0.1) is 10.2 Å². The highest BCUT2D eigenvalue weighted by Crippen LogP contribution is 2.27. The first kappa shape index (κ1) is 20.4. The number of hydrogen-bond acceptors (Lipinski definition) is 7. The average molecular weight is 412 g/mol. The van der Waals surface area contributed by atoms with Gasteiger partial charge < -0.3 is 14.5 Å². The Balaban J connectivity index is 1.56. The average Bonchev–Trinajstić information content (AvgIpc) is 3.19. The molecule has 29 heavy (non-hydrogen) atoms. The summed E-state index contributed by atoms with van der Waals surface area (Å²) in [5, 5.41) is 19.2. The van der Waals surface area contributed by atoms with Crippen molar-refractivity contribution in [3.63, 3.8) is 0 Å². The Morgan fingerprint density at radius 2 is 1.86 bits per heavy atom. The summed E-state index contributed by atoms with van der Waals surface area (Å²) >= 11 is 1.12. The maximum absolute atomic E-state index is 13.0. The molecule has 0 aliphatic carbocycles. The molecule has 1 N–H and O–H groups in total. The van der Waals surface area contributed by atoms with E-state index in [2.05, 4.69) is 15.5 Å². The molecule has 0 aliphatic rings. The number of thioether (sulfide) groups is 1. The number of carbonyl (C=O) groups excluding carboxylic acids is 1. The van der Waals surface area contributed by atoms with Crippen LogP contribution in [0, 0.1) is 17.1 Å². The zero-order chi connectivity index (χ0) is 20.8. The maximum Gasteiger partial charge on any atom is 0.277 e. The standard InChI is InChI=1S/C20H17FN4O3S/c1-12(27-17-9-5-15(21)6-10-17)19-24-25-20(28-19)29-13(2)18(26)23-16-7-3-14(11-22)4-8-16/h3-10,12-13H,1-2H3,(H,23,26)/t12-,13-/m1/s1. The molecule has 0 bridgehead atoms. The summed E-state index contributed by atoms with van der Waals surface area (Å²) in [6.07, 6.45) is -0.537. The summed E-state index contributed by atoms with van der Waals surface area (Å²) in [6, 6.07) is 14.2. The van der Waals surface area contributed by atoms with E-state index >= 15 is 0 Å². The lowest BCUT2D eigenvalue weighted by Crippen LogP contribution is -2.22. The molecule has 3 aromatic rings. The number of hydrogen-bond donors (Lipinski definition) is 1. The number of carbonyl (C=O) groups is 1. The highest BCUT2D eigenvalue weighted by atomic mass is 32.2. The lowest BCUT2D eigenvalue weighted by Gasteiger charge is -2.11. The molecule has 3 rings (SSSR count). The van der Waals surface area contributed by atoms with Crippen LogP contribution in [0.3, 0.4) is 0 Å². The molecule has 7 nitrogen and oxygen atoms in total. The van der Waals surface area contributed by atoms with E-state index in [-0.39, 0.29) is 22.8 Å². The zero-order valence-corrected chi connectivity index (χ0v) is 16.4. The Labute approximate surface area is 170 Å². The molecule has 2 aromatic carbocycles. The highest BCUT2D eigenvalue weighted by Gasteiger charge is 2.21. The minimum Gasteiger partial charge on any atom is -0.481 e. The minimum atomic E-state index is -0.537. The van der Waals surface area contributed by atoms with Crippen LogP contribution in [0.1, 0.15) is 31.4 Å². The van der Waals surface area contributed by atoms with Gasteiger partial charge >= 0.3 is 0 Å². The first-order chi connectivity index (χ1) is 13.9. The van der Waals surface area contributed by atoms with E-state index < -0.39 is 11.4 Å². The van der Waals surface area contributed by atoms with Gasteiger partial charge in [-0.1, -0.05) is 11.8 Å². The predicted octanol–water partition coefficient (Wildman–Crippen LogP) is 4.34. The van der Waals surface area contributed by atoms with Crippen LogP contribution in [0.15, 0.2) is 58.2 Å². The molecular weight excluding hydrogens is 395 g/mol. The van der Waals surface area contributed by atoms with E-state index in [0.717, 1.165) is 11.8 Å². The summed E-state index contributed by atoms with van der Waals surface area (Å²) in [5.74, 6) is 0.128. The van der Waals surface area contributed by atoms with E-state index in [4.69, 9.17) is 14.4 Å². The van der Waals surface area contributed by atoms with Crippen molar-refractivity contribution in [2.45, 2.75) is 30.4 Å².